The van der Waals surface area contributed by atoms with Crippen LogP contribution >= 0.6 is 0 Å². The summed E-state index contributed by atoms with van der Waals surface area (Å²) in [4.78, 5) is 12.4. The van der Waals surface area contributed by atoms with Gasteiger partial charge in [-0.1, -0.05) is 32.8 Å². The summed E-state index contributed by atoms with van der Waals surface area (Å²) in [6, 6.07) is 6.21. The molecule has 0 unspecified atom stereocenters. The molecule has 1 atom stereocenters. The minimum absolute atomic E-state index is 0.0652. The van der Waals surface area contributed by atoms with Crippen molar-refractivity contribution in [2.75, 3.05) is 14.1 Å². The lowest BCUT2D eigenvalue weighted by Gasteiger charge is -2.16. The zero-order valence-corrected chi connectivity index (χ0v) is 15.5. The largest absolute Gasteiger partial charge is 0.350 e. The van der Waals surface area contributed by atoms with Crippen LogP contribution in [0.1, 0.15) is 50.4 Å². The zero-order valence-electron chi connectivity index (χ0n) is 14.7. The van der Waals surface area contributed by atoms with Crippen LogP contribution in [0, 0.1) is 5.92 Å². The maximum absolute atomic E-state index is 12.3. The van der Waals surface area contributed by atoms with E-state index in [1.54, 1.807) is 12.1 Å². The van der Waals surface area contributed by atoms with Crippen molar-refractivity contribution in [2.24, 2.45) is 5.92 Å². The van der Waals surface area contributed by atoms with Gasteiger partial charge in [0.2, 0.25) is 10.0 Å². The van der Waals surface area contributed by atoms with Crippen LogP contribution in [0.25, 0.3) is 0 Å². The molecule has 0 heterocycles. The van der Waals surface area contributed by atoms with Gasteiger partial charge in [-0.15, -0.1) is 0 Å². The number of carbonyl (C=O) groups excluding carboxylic acids is 1. The van der Waals surface area contributed by atoms with Crippen molar-refractivity contribution in [3.8, 4) is 0 Å². The van der Waals surface area contributed by atoms with Gasteiger partial charge in [-0.2, -0.15) is 0 Å². The van der Waals surface area contributed by atoms with E-state index in [-0.39, 0.29) is 16.8 Å². The first-order valence-corrected chi connectivity index (χ1v) is 9.42. The van der Waals surface area contributed by atoms with Gasteiger partial charge in [0.25, 0.3) is 5.91 Å². The van der Waals surface area contributed by atoms with Crippen molar-refractivity contribution < 1.29 is 13.2 Å². The molecule has 0 spiro atoms. The summed E-state index contributed by atoms with van der Waals surface area (Å²) >= 11 is 0. The van der Waals surface area contributed by atoms with E-state index in [0.29, 0.717) is 11.5 Å². The Morgan fingerprint density at radius 1 is 1.17 bits per heavy atom. The van der Waals surface area contributed by atoms with Crippen molar-refractivity contribution in [1.29, 1.82) is 0 Å². The quantitative estimate of drug-likeness (QED) is 0.791. The molecule has 0 bridgehead atoms. The number of nitrogens with zero attached hydrogens (tertiary/aromatic N) is 1. The molecule has 1 rings (SSSR count). The summed E-state index contributed by atoms with van der Waals surface area (Å²) in [5.41, 5.74) is 0.364. The molecule has 0 aromatic heterocycles. The van der Waals surface area contributed by atoms with E-state index in [2.05, 4.69) is 19.2 Å². The standard InChI is InChI=1S/C17H28N2O3S/c1-13(2)8-6-9-14(3)18-17(20)15-10-7-11-16(12-15)23(21,22)19(4)5/h7,10-14H,6,8-9H2,1-5H3,(H,18,20)/t14-/m0/s1. The lowest BCUT2D eigenvalue weighted by Crippen LogP contribution is -2.32. The Morgan fingerprint density at radius 3 is 2.39 bits per heavy atom. The van der Waals surface area contributed by atoms with E-state index in [0.717, 1.165) is 23.6 Å². The number of nitrogens with one attached hydrogen (secondary N) is 1. The first-order valence-electron chi connectivity index (χ1n) is 7.98. The van der Waals surface area contributed by atoms with Gasteiger partial charge in [0.15, 0.2) is 0 Å². The summed E-state index contributed by atoms with van der Waals surface area (Å²) in [5, 5.41) is 2.93. The van der Waals surface area contributed by atoms with Crippen molar-refractivity contribution in [3.05, 3.63) is 29.8 Å². The van der Waals surface area contributed by atoms with Gasteiger partial charge >= 0.3 is 0 Å². The van der Waals surface area contributed by atoms with Gasteiger partial charge in [0, 0.05) is 25.7 Å². The summed E-state index contributed by atoms with van der Waals surface area (Å²) in [6.07, 6.45) is 3.12. The molecule has 0 saturated carbocycles. The van der Waals surface area contributed by atoms with E-state index in [1.165, 1.54) is 26.2 Å². The minimum atomic E-state index is -3.53. The molecule has 1 N–H and O–H groups in total. The molecule has 23 heavy (non-hydrogen) atoms. The Hall–Kier alpha value is -1.40. The molecule has 0 saturated heterocycles. The topological polar surface area (TPSA) is 66.5 Å². The van der Waals surface area contributed by atoms with Crippen molar-refractivity contribution >= 4 is 15.9 Å². The van der Waals surface area contributed by atoms with Crippen LogP contribution in [-0.4, -0.2) is 38.8 Å². The molecule has 1 amide bonds. The van der Waals surface area contributed by atoms with E-state index >= 15 is 0 Å². The highest BCUT2D eigenvalue weighted by Crippen LogP contribution is 2.15. The van der Waals surface area contributed by atoms with Crippen LogP contribution in [0.3, 0.4) is 0 Å². The predicted octanol–water partition coefficient (Wildman–Crippen LogP) is 2.88. The molecule has 0 radical (unpaired) electrons. The second-order valence-corrected chi connectivity index (χ2v) is 8.67. The Bertz CT molecular complexity index is 624. The maximum atomic E-state index is 12.3. The third-order valence-corrected chi connectivity index (χ3v) is 5.48. The van der Waals surface area contributed by atoms with Gasteiger partial charge < -0.3 is 5.32 Å². The maximum Gasteiger partial charge on any atom is 0.251 e. The van der Waals surface area contributed by atoms with Gasteiger partial charge in [0.05, 0.1) is 4.90 Å². The lowest BCUT2D eigenvalue weighted by molar-refractivity contribution is 0.0937. The molecular weight excluding hydrogens is 312 g/mol. The first-order chi connectivity index (χ1) is 10.6. The first kappa shape index (κ1) is 19.6. The van der Waals surface area contributed by atoms with Gasteiger partial charge in [-0.05, 0) is 37.5 Å². The summed E-state index contributed by atoms with van der Waals surface area (Å²) in [5.74, 6) is 0.420. The highest BCUT2D eigenvalue weighted by atomic mass is 32.2. The number of hydrogen-bond acceptors (Lipinski definition) is 3. The average molecular weight is 340 g/mol. The van der Waals surface area contributed by atoms with Crippen LogP contribution in [0.15, 0.2) is 29.2 Å². The van der Waals surface area contributed by atoms with Crippen molar-refractivity contribution in [2.45, 2.75) is 51.0 Å². The average Bonchev–Trinajstić information content (AvgIpc) is 2.46. The van der Waals surface area contributed by atoms with Gasteiger partial charge in [-0.3, -0.25) is 4.79 Å². The molecule has 5 nitrogen and oxygen atoms in total. The van der Waals surface area contributed by atoms with Crippen LogP contribution < -0.4 is 5.32 Å². The zero-order chi connectivity index (χ0) is 17.6. The fraction of sp³-hybridized carbons (Fsp3) is 0.588. The fourth-order valence-electron chi connectivity index (χ4n) is 2.22. The summed E-state index contributed by atoms with van der Waals surface area (Å²) in [7, 11) is -0.590. The third-order valence-electron chi connectivity index (χ3n) is 3.67. The van der Waals surface area contributed by atoms with Crippen LogP contribution in [0.2, 0.25) is 0 Å². The van der Waals surface area contributed by atoms with E-state index in [1.807, 2.05) is 6.92 Å². The Balaban J connectivity index is 2.74. The second kappa shape index (κ2) is 8.45. The number of rotatable bonds is 8. The molecule has 0 aliphatic carbocycles. The number of carbonyl (C=O) groups is 1. The van der Waals surface area contributed by atoms with E-state index in [9.17, 15) is 13.2 Å². The monoisotopic (exact) mass is 340 g/mol. The van der Waals surface area contributed by atoms with Crippen LogP contribution in [0.4, 0.5) is 0 Å². The second-order valence-electron chi connectivity index (χ2n) is 6.51. The normalized spacial score (nSPS) is 13.3. The molecule has 1 aromatic rings. The third kappa shape index (κ3) is 5.95. The molecule has 0 aliphatic rings. The highest BCUT2D eigenvalue weighted by molar-refractivity contribution is 7.89. The molecule has 0 fully saturated rings. The summed E-state index contributed by atoms with van der Waals surface area (Å²) < 4.78 is 25.4. The number of amides is 1. The lowest BCUT2D eigenvalue weighted by atomic mass is 10.0. The van der Waals surface area contributed by atoms with Gasteiger partial charge in [-0.25, -0.2) is 12.7 Å². The molecule has 130 valence electrons. The van der Waals surface area contributed by atoms with Gasteiger partial charge in [0.1, 0.15) is 0 Å². The van der Waals surface area contributed by atoms with Crippen LogP contribution in [-0.2, 0) is 10.0 Å². The van der Waals surface area contributed by atoms with E-state index < -0.39 is 10.0 Å². The number of sulfonamides is 1. The predicted molar refractivity (Wildman–Crippen MR) is 92.9 cm³/mol. The SMILES string of the molecule is CC(C)CCC[C@H](C)NC(=O)c1cccc(S(=O)(=O)N(C)C)c1. The van der Waals surface area contributed by atoms with Crippen molar-refractivity contribution in [3.63, 3.8) is 0 Å². The highest BCUT2D eigenvalue weighted by Gasteiger charge is 2.19. The Labute approximate surface area is 140 Å². The molecule has 0 aliphatic heterocycles. The summed E-state index contributed by atoms with van der Waals surface area (Å²) in [6.45, 7) is 6.33. The molecular formula is C17H28N2O3S. The molecule has 1 aromatic carbocycles. The Morgan fingerprint density at radius 2 is 1.83 bits per heavy atom. The smallest absolute Gasteiger partial charge is 0.251 e. The fourth-order valence-corrected chi connectivity index (χ4v) is 3.17. The number of benzene rings is 1. The van der Waals surface area contributed by atoms with Crippen LogP contribution in [0.5, 0.6) is 0 Å². The minimum Gasteiger partial charge on any atom is -0.350 e. The number of hydrogen-bond donors (Lipinski definition) is 1. The molecule has 6 heteroatoms. The van der Waals surface area contributed by atoms with Crippen molar-refractivity contribution in [1.82, 2.24) is 9.62 Å². The Kier molecular flexibility index (Phi) is 7.22. The van der Waals surface area contributed by atoms with E-state index in [4.69, 9.17) is 0 Å².